The fourth-order valence-electron chi connectivity index (χ4n) is 3.38. The molecule has 0 amide bonds. The zero-order valence-corrected chi connectivity index (χ0v) is 10.8. The number of hydrogen-bond donors (Lipinski definition) is 2. The SMILES string of the molecule is Cc1[nH]c(C2(C(=O)O)CCC2)nc1C1CCCC1. The molecule has 2 aliphatic rings. The van der Waals surface area contributed by atoms with Crippen molar-refractivity contribution in [3.05, 3.63) is 17.2 Å². The zero-order chi connectivity index (χ0) is 12.8. The number of carboxylic acids is 1. The molecule has 18 heavy (non-hydrogen) atoms. The fraction of sp³-hybridized carbons (Fsp3) is 0.714. The molecule has 2 N–H and O–H groups in total. The Morgan fingerprint density at radius 1 is 1.33 bits per heavy atom. The van der Waals surface area contributed by atoms with Crippen LogP contribution in [-0.2, 0) is 10.2 Å². The van der Waals surface area contributed by atoms with Crippen molar-refractivity contribution in [3.63, 3.8) is 0 Å². The molecule has 98 valence electrons. The first kappa shape index (κ1) is 11.8. The Labute approximate surface area is 107 Å². The number of carboxylic acid groups (broad SMARTS) is 1. The Balaban J connectivity index is 1.94. The third kappa shape index (κ3) is 1.58. The molecular formula is C14H20N2O2. The van der Waals surface area contributed by atoms with Crippen LogP contribution < -0.4 is 0 Å². The highest BCUT2D eigenvalue weighted by molar-refractivity contribution is 5.81. The van der Waals surface area contributed by atoms with E-state index in [4.69, 9.17) is 0 Å². The van der Waals surface area contributed by atoms with E-state index in [2.05, 4.69) is 9.97 Å². The Morgan fingerprint density at radius 2 is 2.00 bits per heavy atom. The highest BCUT2D eigenvalue weighted by atomic mass is 16.4. The van der Waals surface area contributed by atoms with Crippen molar-refractivity contribution in [2.75, 3.05) is 0 Å². The van der Waals surface area contributed by atoms with Crippen LogP contribution in [0.1, 0.15) is 68.1 Å². The Morgan fingerprint density at radius 3 is 2.50 bits per heavy atom. The van der Waals surface area contributed by atoms with E-state index in [0.29, 0.717) is 11.7 Å². The first-order valence-electron chi connectivity index (χ1n) is 6.94. The van der Waals surface area contributed by atoms with Crippen LogP contribution in [0.25, 0.3) is 0 Å². The third-order valence-electron chi connectivity index (χ3n) is 4.73. The largest absolute Gasteiger partial charge is 0.480 e. The number of aromatic amines is 1. The summed E-state index contributed by atoms with van der Waals surface area (Å²) in [4.78, 5) is 19.4. The summed E-state index contributed by atoms with van der Waals surface area (Å²) < 4.78 is 0. The van der Waals surface area contributed by atoms with E-state index >= 15 is 0 Å². The van der Waals surface area contributed by atoms with Crippen LogP contribution in [0.4, 0.5) is 0 Å². The van der Waals surface area contributed by atoms with Crippen molar-refractivity contribution < 1.29 is 9.90 Å². The van der Waals surface area contributed by atoms with Crippen molar-refractivity contribution in [1.82, 2.24) is 9.97 Å². The summed E-state index contributed by atoms with van der Waals surface area (Å²) in [6, 6.07) is 0. The second-order valence-corrected chi connectivity index (χ2v) is 5.82. The number of hydrogen-bond acceptors (Lipinski definition) is 2. The molecule has 0 radical (unpaired) electrons. The van der Waals surface area contributed by atoms with Crippen LogP contribution in [-0.4, -0.2) is 21.0 Å². The number of nitrogens with one attached hydrogen (secondary N) is 1. The highest BCUT2D eigenvalue weighted by Gasteiger charge is 2.49. The summed E-state index contributed by atoms with van der Waals surface area (Å²) in [5, 5.41) is 9.44. The number of imidazole rings is 1. The van der Waals surface area contributed by atoms with Gasteiger partial charge in [-0.15, -0.1) is 0 Å². The van der Waals surface area contributed by atoms with E-state index in [0.717, 1.165) is 30.7 Å². The molecule has 0 spiro atoms. The maximum absolute atomic E-state index is 11.5. The van der Waals surface area contributed by atoms with Crippen LogP contribution in [0.5, 0.6) is 0 Å². The lowest BCUT2D eigenvalue weighted by Crippen LogP contribution is -2.43. The molecule has 3 rings (SSSR count). The van der Waals surface area contributed by atoms with Gasteiger partial charge in [0.2, 0.25) is 0 Å². The number of nitrogens with zero attached hydrogens (tertiary/aromatic N) is 1. The average Bonchev–Trinajstić information content (AvgIpc) is 2.84. The summed E-state index contributed by atoms with van der Waals surface area (Å²) in [6.45, 7) is 2.03. The van der Waals surface area contributed by atoms with E-state index in [-0.39, 0.29) is 0 Å². The summed E-state index contributed by atoms with van der Waals surface area (Å²) >= 11 is 0. The van der Waals surface area contributed by atoms with Crippen molar-refractivity contribution in [2.24, 2.45) is 0 Å². The van der Waals surface area contributed by atoms with Crippen molar-refractivity contribution in [3.8, 4) is 0 Å². The molecule has 0 atom stereocenters. The second-order valence-electron chi connectivity index (χ2n) is 5.82. The van der Waals surface area contributed by atoms with Crippen LogP contribution >= 0.6 is 0 Å². The van der Waals surface area contributed by atoms with Crippen molar-refractivity contribution >= 4 is 5.97 Å². The van der Waals surface area contributed by atoms with E-state index < -0.39 is 11.4 Å². The van der Waals surface area contributed by atoms with E-state index in [1.807, 2.05) is 6.92 Å². The number of aliphatic carboxylic acids is 1. The van der Waals surface area contributed by atoms with Crippen molar-refractivity contribution in [1.29, 1.82) is 0 Å². The van der Waals surface area contributed by atoms with Crippen LogP contribution in [0.15, 0.2) is 0 Å². The first-order chi connectivity index (χ1) is 8.63. The summed E-state index contributed by atoms with van der Waals surface area (Å²) in [7, 11) is 0. The van der Waals surface area contributed by atoms with Gasteiger partial charge in [0.25, 0.3) is 0 Å². The van der Waals surface area contributed by atoms with Crippen LogP contribution in [0.2, 0.25) is 0 Å². The molecular weight excluding hydrogens is 228 g/mol. The van der Waals surface area contributed by atoms with Gasteiger partial charge in [0.1, 0.15) is 11.2 Å². The molecule has 1 aromatic heterocycles. The maximum Gasteiger partial charge on any atom is 0.317 e. The zero-order valence-electron chi connectivity index (χ0n) is 10.8. The van der Waals surface area contributed by atoms with Crippen molar-refractivity contribution in [2.45, 2.75) is 63.2 Å². The lowest BCUT2D eigenvalue weighted by atomic mass is 9.68. The van der Waals surface area contributed by atoms with E-state index in [1.165, 1.54) is 25.7 Å². The minimum absolute atomic E-state index is 0.543. The summed E-state index contributed by atoms with van der Waals surface area (Å²) in [6.07, 6.45) is 7.38. The van der Waals surface area contributed by atoms with Gasteiger partial charge >= 0.3 is 5.97 Å². The number of rotatable bonds is 3. The lowest BCUT2D eigenvalue weighted by molar-refractivity contribution is -0.147. The summed E-state index contributed by atoms with van der Waals surface area (Å²) in [5.41, 5.74) is 1.47. The molecule has 0 saturated heterocycles. The van der Waals surface area contributed by atoms with Crippen LogP contribution in [0.3, 0.4) is 0 Å². The van der Waals surface area contributed by atoms with Gasteiger partial charge in [-0.25, -0.2) is 4.98 Å². The molecule has 1 heterocycles. The molecule has 2 saturated carbocycles. The average molecular weight is 248 g/mol. The molecule has 2 aliphatic carbocycles. The molecule has 4 nitrogen and oxygen atoms in total. The van der Waals surface area contributed by atoms with E-state index in [1.54, 1.807) is 0 Å². The standard InChI is InChI=1S/C14H20N2O2/c1-9-11(10-5-2-3-6-10)16-12(15-9)14(13(17)18)7-4-8-14/h10H,2-8H2,1H3,(H,15,16)(H,17,18). The maximum atomic E-state index is 11.5. The molecule has 2 fully saturated rings. The Kier molecular flexibility index (Phi) is 2.68. The number of carbonyl (C=O) groups is 1. The minimum Gasteiger partial charge on any atom is -0.480 e. The molecule has 0 bridgehead atoms. The predicted molar refractivity (Wildman–Crippen MR) is 67.7 cm³/mol. The lowest BCUT2D eigenvalue weighted by Gasteiger charge is -2.35. The third-order valence-corrected chi connectivity index (χ3v) is 4.73. The van der Waals surface area contributed by atoms with Gasteiger partial charge in [0, 0.05) is 11.6 Å². The number of H-pyrrole nitrogens is 1. The topological polar surface area (TPSA) is 66.0 Å². The summed E-state index contributed by atoms with van der Waals surface area (Å²) in [5.74, 6) is 0.516. The Hall–Kier alpha value is -1.32. The van der Waals surface area contributed by atoms with Gasteiger partial charge in [0.05, 0.1) is 5.69 Å². The van der Waals surface area contributed by atoms with Gasteiger partial charge in [-0.05, 0) is 32.6 Å². The Bertz CT molecular complexity index is 468. The number of aromatic nitrogens is 2. The fourth-order valence-corrected chi connectivity index (χ4v) is 3.38. The quantitative estimate of drug-likeness (QED) is 0.864. The molecule has 0 aromatic carbocycles. The monoisotopic (exact) mass is 248 g/mol. The second kappa shape index (κ2) is 4.11. The predicted octanol–water partition coefficient (Wildman–Crippen LogP) is 2.88. The van der Waals surface area contributed by atoms with Crippen LogP contribution in [0, 0.1) is 6.92 Å². The van der Waals surface area contributed by atoms with Gasteiger partial charge in [-0.2, -0.15) is 0 Å². The number of aryl methyl sites for hydroxylation is 1. The normalized spacial score (nSPS) is 22.9. The van der Waals surface area contributed by atoms with E-state index in [9.17, 15) is 9.90 Å². The van der Waals surface area contributed by atoms with Gasteiger partial charge in [0.15, 0.2) is 0 Å². The first-order valence-corrected chi connectivity index (χ1v) is 6.94. The minimum atomic E-state index is -0.722. The van der Waals surface area contributed by atoms with Gasteiger partial charge < -0.3 is 10.1 Å². The molecule has 1 aromatic rings. The smallest absolute Gasteiger partial charge is 0.317 e. The van der Waals surface area contributed by atoms with Gasteiger partial charge in [-0.1, -0.05) is 19.3 Å². The molecule has 0 aliphatic heterocycles. The van der Waals surface area contributed by atoms with Gasteiger partial charge in [-0.3, -0.25) is 4.79 Å². The molecule has 0 unspecified atom stereocenters. The highest BCUT2D eigenvalue weighted by Crippen LogP contribution is 2.44. The molecule has 4 heteroatoms.